The van der Waals surface area contributed by atoms with Crippen LogP contribution in [-0.4, -0.2) is 31.9 Å². The van der Waals surface area contributed by atoms with Crippen molar-refractivity contribution in [3.8, 4) is 5.75 Å². The minimum absolute atomic E-state index is 0.309. The van der Waals surface area contributed by atoms with E-state index < -0.39 is 0 Å². The lowest BCUT2D eigenvalue weighted by molar-refractivity contribution is 0.191. The third-order valence-electron chi connectivity index (χ3n) is 3.11. The van der Waals surface area contributed by atoms with E-state index in [4.69, 9.17) is 9.47 Å². The van der Waals surface area contributed by atoms with Gasteiger partial charge in [-0.1, -0.05) is 6.07 Å². The fourth-order valence-electron chi connectivity index (χ4n) is 1.99. The Balaban J connectivity index is 2.26. The number of ether oxygens (including phenoxy) is 2. The van der Waals surface area contributed by atoms with Crippen molar-refractivity contribution in [2.45, 2.75) is 19.4 Å². The van der Waals surface area contributed by atoms with Gasteiger partial charge in [-0.05, 0) is 36.9 Å². The summed E-state index contributed by atoms with van der Waals surface area (Å²) in [7, 11) is 3.39. The van der Waals surface area contributed by atoms with E-state index >= 15 is 0 Å². The van der Waals surface area contributed by atoms with E-state index in [0.717, 1.165) is 35.4 Å². The van der Waals surface area contributed by atoms with E-state index in [1.165, 1.54) is 0 Å². The molecule has 1 aromatic carbocycles. The summed E-state index contributed by atoms with van der Waals surface area (Å²) in [4.78, 5) is 4.42. The quantitative estimate of drug-likeness (QED) is 0.866. The van der Waals surface area contributed by atoms with Crippen LogP contribution in [0.25, 0.3) is 10.8 Å². The van der Waals surface area contributed by atoms with Crippen LogP contribution in [0.1, 0.15) is 13.3 Å². The van der Waals surface area contributed by atoms with Gasteiger partial charge in [0.1, 0.15) is 11.6 Å². The van der Waals surface area contributed by atoms with Gasteiger partial charge in [-0.25, -0.2) is 4.98 Å². The van der Waals surface area contributed by atoms with Crippen molar-refractivity contribution in [3.63, 3.8) is 0 Å². The molecule has 1 aromatic heterocycles. The van der Waals surface area contributed by atoms with E-state index in [-0.39, 0.29) is 0 Å². The van der Waals surface area contributed by atoms with Gasteiger partial charge in [-0.15, -0.1) is 0 Å². The number of rotatable bonds is 6. The minimum atomic E-state index is 0.309. The van der Waals surface area contributed by atoms with Crippen LogP contribution in [0.2, 0.25) is 0 Å². The molecule has 0 spiro atoms. The molecule has 0 saturated heterocycles. The van der Waals surface area contributed by atoms with Crippen LogP contribution in [-0.2, 0) is 4.74 Å². The van der Waals surface area contributed by atoms with Crippen LogP contribution in [0.4, 0.5) is 5.82 Å². The average molecular weight is 260 g/mol. The highest BCUT2D eigenvalue weighted by Crippen LogP contribution is 2.26. The first-order valence-corrected chi connectivity index (χ1v) is 6.43. The summed E-state index contributed by atoms with van der Waals surface area (Å²) < 4.78 is 10.4. The molecule has 1 atom stereocenters. The van der Waals surface area contributed by atoms with Crippen LogP contribution in [0.3, 0.4) is 0 Å². The Morgan fingerprint density at radius 2 is 2.11 bits per heavy atom. The first-order valence-electron chi connectivity index (χ1n) is 6.43. The number of aromatic nitrogens is 1. The summed E-state index contributed by atoms with van der Waals surface area (Å²) in [5.74, 6) is 1.73. The summed E-state index contributed by atoms with van der Waals surface area (Å²) >= 11 is 0. The van der Waals surface area contributed by atoms with E-state index in [1.54, 1.807) is 14.2 Å². The van der Waals surface area contributed by atoms with Gasteiger partial charge in [-0.2, -0.15) is 0 Å². The highest BCUT2D eigenvalue weighted by atomic mass is 16.5. The number of anilines is 1. The molecule has 1 N–H and O–H groups in total. The normalized spacial score (nSPS) is 12.4. The Bertz CT molecular complexity index is 543. The Kier molecular flexibility index (Phi) is 4.58. The van der Waals surface area contributed by atoms with E-state index in [0.29, 0.717) is 6.04 Å². The van der Waals surface area contributed by atoms with Gasteiger partial charge < -0.3 is 14.8 Å². The topological polar surface area (TPSA) is 43.4 Å². The molecule has 4 nitrogen and oxygen atoms in total. The van der Waals surface area contributed by atoms with E-state index in [2.05, 4.69) is 17.2 Å². The molecule has 102 valence electrons. The van der Waals surface area contributed by atoms with Gasteiger partial charge in [0.2, 0.25) is 0 Å². The van der Waals surface area contributed by atoms with Crippen LogP contribution in [0.15, 0.2) is 30.5 Å². The first-order chi connectivity index (χ1) is 9.24. The Labute approximate surface area is 113 Å². The zero-order valence-corrected chi connectivity index (χ0v) is 11.6. The van der Waals surface area contributed by atoms with E-state index in [1.807, 2.05) is 30.5 Å². The van der Waals surface area contributed by atoms with Crippen LogP contribution < -0.4 is 10.1 Å². The lowest BCUT2D eigenvalue weighted by Crippen LogP contribution is -2.18. The third-order valence-corrected chi connectivity index (χ3v) is 3.11. The van der Waals surface area contributed by atoms with Gasteiger partial charge in [0.15, 0.2) is 0 Å². The summed E-state index contributed by atoms with van der Waals surface area (Å²) in [6, 6.07) is 8.32. The molecule has 2 rings (SSSR count). The first kappa shape index (κ1) is 13.6. The fraction of sp³-hybridized carbons (Fsp3) is 0.400. The molecule has 1 unspecified atom stereocenters. The second-order valence-corrected chi connectivity index (χ2v) is 4.57. The zero-order valence-electron chi connectivity index (χ0n) is 11.6. The van der Waals surface area contributed by atoms with Crippen LogP contribution in [0.5, 0.6) is 5.75 Å². The van der Waals surface area contributed by atoms with Crippen molar-refractivity contribution >= 4 is 16.6 Å². The summed E-state index contributed by atoms with van der Waals surface area (Å²) in [5, 5.41) is 5.65. The zero-order chi connectivity index (χ0) is 13.7. The number of methoxy groups -OCH3 is 2. The number of hydrogen-bond donors (Lipinski definition) is 1. The molecule has 19 heavy (non-hydrogen) atoms. The number of pyridine rings is 1. The molecule has 0 bridgehead atoms. The van der Waals surface area contributed by atoms with Gasteiger partial charge in [0, 0.05) is 31.3 Å². The number of benzene rings is 1. The van der Waals surface area contributed by atoms with Gasteiger partial charge in [0.25, 0.3) is 0 Å². The maximum absolute atomic E-state index is 5.27. The molecule has 1 heterocycles. The highest BCUT2D eigenvalue weighted by molar-refractivity contribution is 5.92. The van der Waals surface area contributed by atoms with Crippen molar-refractivity contribution in [1.82, 2.24) is 4.98 Å². The Morgan fingerprint density at radius 3 is 2.84 bits per heavy atom. The predicted octanol–water partition coefficient (Wildman–Crippen LogP) is 3.08. The molecular weight excluding hydrogens is 240 g/mol. The molecule has 0 amide bonds. The number of hydrogen-bond acceptors (Lipinski definition) is 4. The monoisotopic (exact) mass is 260 g/mol. The largest absolute Gasteiger partial charge is 0.497 e. The molecule has 0 fully saturated rings. The molecule has 4 heteroatoms. The molecule has 0 aliphatic heterocycles. The van der Waals surface area contributed by atoms with Crippen molar-refractivity contribution in [2.75, 3.05) is 26.1 Å². The molecule has 0 aliphatic carbocycles. The SMILES string of the molecule is COCCC(C)Nc1nccc2ccc(OC)cc12. The average Bonchev–Trinajstić information content (AvgIpc) is 2.45. The van der Waals surface area contributed by atoms with Crippen molar-refractivity contribution in [1.29, 1.82) is 0 Å². The maximum Gasteiger partial charge on any atom is 0.134 e. The summed E-state index contributed by atoms with van der Waals surface area (Å²) in [6.07, 6.45) is 2.76. The smallest absolute Gasteiger partial charge is 0.134 e. The van der Waals surface area contributed by atoms with Crippen molar-refractivity contribution in [2.24, 2.45) is 0 Å². The highest BCUT2D eigenvalue weighted by Gasteiger charge is 2.07. The molecule has 0 saturated carbocycles. The lowest BCUT2D eigenvalue weighted by Gasteiger charge is -2.15. The van der Waals surface area contributed by atoms with Gasteiger partial charge in [0.05, 0.1) is 7.11 Å². The van der Waals surface area contributed by atoms with Crippen molar-refractivity contribution < 1.29 is 9.47 Å². The fourth-order valence-corrected chi connectivity index (χ4v) is 1.99. The molecule has 0 aliphatic rings. The van der Waals surface area contributed by atoms with Gasteiger partial charge in [-0.3, -0.25) is 0 Å². The van der Waals surface area contributed by atoms with Crippen LogP contribution in [0, 0.1) is 0 Å². The predicted molar refractivity (Wildman–Crippen MR) is 77.9 cm³/mol. The Hall–Kier alpha value is -1.81. The van der Waals surface area contributed by atoms with Crippen LogP contribution >= 0.6 is 0 Å². The second-order valence-electron chi connectivity index (χ2n) is 4.57. The standard InChI is InChI=1S/C15H20N2O2/c1-11(7-9-18-2)17-15-14-10-13(19-3)5-4-12(14)6-8-16-15/h4-6,8,10-11H,7,9H2,1-3H3,(H,16,17). The number of nitrogens with one attached hydrogen (secondary N) is 1. The number of nitrogens with zero attached hydrogens (tertiary/aromatic N) is 1. The minimum Gasteiger partial charge on any atom is -0.497 e. The second kappa shape index (κ2) is 6.38. The van der Waals surface area contributed by atoms with Gasteiger partial charge >= 0.3 is 0 Å². The molecule has 2 aromatic rings. The molecule has 0 radical (unpaired) electrons. The van der Waals surface area contributed by atoms with E-state index in [9.17, 15) is 0 Å². The Morgan fingerprint density at radius 1 is 1.26 bits per heavy atom. The summed E-state index contributed by atoms with van der Waals surface area (Å²) in [6.45, 7) is 2.86. The number of fused-ring (bicyclic) bond motifs is 1. The maximum atomic E-state index is 5.27. The molecular formula is C15H20N2O2. The lowest BCUT2D eigenvalue weighted by atomic mass is 10.1. The van der Waals surface area contributed by atoms with Crippen molar-refractivity contribution in [3.05, 3.63) is 30.5 Å². The summed E-state index contributed by atoms with van der Waals surface area (Å²) in [5.41, 5.74) is 0. The third kappa shape index (κ3) is 3.35.